The van der Waals surface area contributed by atoms with Gasteiger partial charge in [0.2, 0.25) is 0 Å². The average molecular weight is 418 g/mol. The summed E-state index contributed by atoms with van der Waals surface area (Å²) >= 11 is 0. The highest BCUT2D eigenvalue weighted by Gasteiger charge is 2.36. The fourth-order valence-electron chi connectivity index (χ4n) is 3.81. The number of carboxylic acid groups (broad SMARTS) is 1. The molecule has 3 rings (SSSR count). The lowest BCUT2D eigenvalue weighted by Crippen LogP contribution is -2.51. The molecule has 0 bridgehead atoms. The van der Waals surface area contributed by atoms with Crippen molar-refractivity contribution in [3.05, 3.63) is 35.9 Å². The Balaban J connectivity index is 2.02. The first-order valence-corrected chi connectivity index (χ1v) is 9.59. The van der Waals surface area contributed by atoms with Crippen molar-refractivity contribution < 1.29 is 34.1 Å². The maximum atomic E-state index is 13.4. The van der Waals surface area contributed by atoms with Crippen molar-refractivity contribution in [2.45, 2.75) is 25.0 Å². The first kappa shape index (κ1) is 21.7. The summed E-state index contributed by atoms with van der Waals surface area (Å²) in [6.07, 6.45) is -1.18. The monoisotopic (exact) mass is 418 g/mol. The third-order valence-electron chi connectivity index (χ3n) is 5.36. The number of hydrogen-bond acceptors (Lipinski definition) is 6. The number of ether oxygens (including phenoxy) is 2. The van der Waals surface area contributed by atoms with Gasteiger partial charge in [-0.15, -0.1) is 0 Å². The zero-order valence-electron chi connectivity index (χ0n) is 17.2. The van der Waals surface area contributed by atoms with E-state index in [2.05, 4.69) is 0 Å². The molecule has 2 N–H and O–H groups in total. The Labute approximate surface area is 174 Å². The molecule has 30 heavy (non-hydrogen) atoms. The molecule has 0 unspecified atom stereocenters. The second kappa shape index (κ2) is 9.19. The summed E-state index contributed by atoms with van der Waals surface area (Å²) in [5.74, 6) is 0.428. The van der Waals surface area contributed by atoms with Crippen molar-refractivity contribution >= 4 is 22.8 Å². The first-order valence-electron chi connectivity index (χ1n) is 9.59. The van der Waals surface area contributed by atoms with Gasteiger partial charge < -0.3 is 24.6 Å². The van der Waals surface area contributed by atoms with Crippen molar-refractivity contribution in [1.29, 1.82) is 0 Å². The van der Waals surface area contributed by atoms with Crippen LogP contribution in [-0.4, -0.2) is 78.7 Å². The number of benzene rings is 2. The second-order valence-electron chi connectivity index (χ2n) is 7.05. The number of rotatable bonds is 5. The van der Waals surface area contributed by atoms with Gasteiger partial charge in [-0.2, -0.15) is 0 Å². The number of methoxy groups -OCH3 is 2. The lowest BCUT2D eigenvalue weighted by atomic mass is 10.0. The van der Waals surface area contributed by atoms with E-state index in [-0.39, 0.29) is 18.7 Å². The smallest absolute Gasteiger partial charge is 0.407 e. The standard InChI is InChI=1S/C21H26N2O7/c1-28-18-8-4-6-13-10-15(19(29-2)11-14(13)18)20(25)23(30-3)16-12-22(21(26)27)9-5-7-17(16)24/h4,6,8,10-11,16-17,24H,5,7,9,12H2,1-3H3,(H,26,27)/t16-,17-/m1/s1. The molecule has 0 radical (unpaired) electrons. The van der Waals surface area contributed by atoms with Crippen LogP contribution >= 0.6 is 0 Å². The number of hydrogen-bond donors (Lipinski definition) is 2. The molecule has 0 aromatic heterocycles. The summed E-state index contributed by atoms with van der Waals surface area (Å²) in [5, 5.41) is 22.6. The lowest BCUT2D eigenvalue weighted by molar-refractivity contribution is -0.149. The highest BCUT2D eigenvalue weighted by molar-refractivity contribution is 6.02. The van der Waals surface area contributed by atoms with Gasteiger partial charge in [0.25, 0.3) is 5.91 Å². The van der Waals surface area contributed by atoms with Gasteiger partial charge in [0.1, 0.15) is 17.5 Å². The Kier molecular flexibility index (Phi) is 6.63. The van der Waals surface area contributed by atoms with Gasteiger partial charge in [-0.3, -0.25) is 9.63 Å². The number of carbonyl (C=O) groups is 2. The molecule has 0 aliphatic carbocycles. The number of aliphatic hydroxyl groups is 1. The minimum Gasteiger partial charge on any atom is -0.496 e. The first-order chi connectivity index (χ1) is 14.4. The van der Waals surface area contributed by atoms with E-state index in [1.54, 1.807) is 19.2 Å². The molecule has 2 aromatic rings. The van der Waals surface area contributed by atoms with E-state index in [4.69, 9.17) is 14.3 Å². The van der Waals surface area contributed by atoms with Crippen LogP contribution in [0.3, 0.4) is 0 Å². The summed E-state index contributed by atoms with van der Waals surface area (Å²) in [7, 11) is 4.34. The van der Waals surface area contributed by atoms with Gasteiger partial charge in [-0.1, -0.05) is 12.1 Å². The predicted octanol–water partition coefficient (Wildman–Crippen LogP) is 2.36. The Hall–Kier alpha value is -3.04. The molecule has 1 fully saturated rings. The van der Waals surface area contributed by atoms with Gasteiger partial charge in [0.15, 0.2) is 0 Å². The zero-order chi connectivity index (χ0) is 21.8. The number of hydroxylamine groups is 2. The average Bonchev–Trinajstić information content (AvgIpc) is 2.94. The third kappa shape index (κ3) is 4.12. The molecule has 2 amide bonds. The number of aliphatic hydroxyl groups excluding tert-OH is 1. The topological polar surface area (TPSA) is 109 Å². The van der Waals surface area contributed by atoms with Crippen LogP contribution in [0.4, 0.5) is 4.79 Å². The molecule has 162 valence electrons. The van der Waals surface area contributed by atoms with Crippen LogP contribution < -0.4 is 9.47 Å². The molecule has 2 atom stereocenters. The molecular formula is C21H26N2O7. The summed E-state index contributed by atoms with van der Waals surface area (Å²) < 4.78 is 10.8. The van der Waals surface area contributed by atoms with E-state index >= 15 is 0 Å². The van der Waals surface area contributed by atoms with Crippen LogP contribution in [0.5, 0.6) is 11.5 Å². The summed E-state index contributed by atoms with van der Waals surface area (Å²) in [6, 6.07) is 8.00. The highest BCUT2D eigenvalue weighted by Crippen LogP contribution is 2.33. The Bertz CT molecular complexity index is 933. The minimum atomic E-state index is -1.10. The summed E-state index contributed by atoms with van der Waals surface area (Å²) in [4.78, 5) is 31.4. The van der Waals surface area contributed by atoms with Crippen LogP contribution in [0.1, 0.15) is 23.2 Å². The van der Waals surface area contributed by atoms with Gasteiger partial charge >= 0.3 is 6.09 Å². The zero-order valence-corrected chi connectivity index (χ0v) is 17.2. The molecule has 9 heteroatoms. The predicted molar refractivity (Wildman–Crippen MR) is 109 cm³/mol. The summed E-state index contributed by atoms with van der Waals surface area (Å²) in [5.41, 5.74) is 0.235. The van der Waals surface area contributed by atoms with Crippen molar-refractivity contribution in [1.82, 2.24) is 9.96 Å². The Morgan fingerprint density at radius 1 is 1.13 bits per heavy atom. The summed E-state index contributed by atoms with van der Waals surface area (Å²) in [6.45, 7) is 0.230. The van der Waals surface area contributed by atoms with E-state index < -0.39 is 24.1 Å². The van der Waals surface area contributed by atoms with E-state index in [1.807, 2.05) is 18.2 Å². The van der Waals surface area contributed by atoms with Gasteiger partial charge in [0, 0.05) is 18.5 Å². The largest absolute Gasteiger partial charge is 0.496 e. The van der Waals surface area contributed by atoms with Gasteiger partial charge in [0.05, 0.1) is 33.0 Å². The van der Waals surface area contributed by atoms with Gasteiger partial charge in [-0.25, -0.2) is 9.86 Å². The van der Waals surface area contributed by atoms with Crippen molar-refractivity contribution in [3.63, 3.8) is 0 Å². The quantitative estimate of drug-likeness (QED) is 0.718. The maximum absolute atomic E-state index is 13.4. The molecule has 1 aliphatic rings. The maximum Gasteiger partial charge on any atom is 0.407 e. The number of amides is 2. The Morgan fingerprint density at radius 2 is 1.87 bits per heavy atom. The molecular weight excluding hydrogens is 392 g/mol. The van der Waals surface area contributed by atoms with E-state index in [9.17, 15) is 19.8 Å². The molecule has 1 aliphatic heterocycles. The highest BCUT2D eigenvalue weighted by atomic mass is 16.7. The molecule has 0 saturated carbocycles. The third-order valence-corrected chi connectivity index (χ3v) is 5.36. The van der Waals surface area contributed by atoms with Crippen LogP contribution in [0, 0.1) is 0 Å². The van der Waals surface area contributed by atoms with E-state index in [0.29, 0.717) is 24.3 Å². The SMILES string of the molecule is COc1cc2c(OC)cccc2cc1C(=O)N(OC)[C@@H]1CN(C(=O)O)CCC[C@H]1O. The van der Waals surface area contributed by atoms with E-state index in [0.717, 1.165) is 15.8 Å². The Morgan fingerprint density at radius 3 is 2.50 bits per heavy atom. The van der Waals surface area contributed by atoms with Crippen LogP contribution in [0.2, 0.25) is 0 Å². The second-order valence-corrected chi connectivity index (χ2v) is 7.05. The van der Waals surface area contributed by atoms with Crippen molar-refractivity contribution in [2.24, 2.45) is 0 Å². The molecule has 9 nitrogen and oxygen atoms in total. The van der Waals surface area contributed by atoms with Crippen molar-refractivity contribution in [3.8, 4) is 11.5 Å². The minimum absolute atomic E-state index is 0.0558. The lowest BCUT2D eigenvalue weighted by Gasteiger charge is -2.33. The molecule has 1 heterocycles. The van der Waals surface area contributed by atoms with Crippen LogP contribution in [-0.2, 0) is 4.84 Å². The number of carbonyl (C=O) groups excluding carboxylic acids is 1. The molecule has 2 aromatic carbocycles. The van der Waals surface area contributed by atoms with Crippen LogP contribution in [0.15, 0.2) is 30.3 Å². The van der Waals surface area contributed by atoms with E-state index in [1.165, 1.54) is 19.1 Å². The number of fused-ring (bicyclic) bond motifs is 1. The number of nitrogens with zero attached hydrogens (tertiary/aromatic N) is 2. The number of likely N-dealkylation sites (tertiary alicyclic amines) is 1. The van der Waals surface area contributed by atoms with Crippen LogP contribution in [0.25, 0.3) is 10.8 Å². The normalized spacial score (nSPS) is 19.3. The molecule has 1 saturated heterocycles. The fourth-order valence-corrected chi connectivity index (χ4v) is 3.81. The van der Waals surface area contributed by atoms with Gasteiger partial charge in [-0.05, 0) is 36.4 Å². The fraction of sp³-hybridized carbons (Fsp3) is 0.429. The molecule has 0 spiro atoms. The van der Waals surface area contributed by atoms with Crippen molar-refractivity contribution in [2.75, 3.05) is 34.4 Å².